The molecule has 8 N–H and O–H groups in total. The van der Waals surface area contributed by atoms with Gasteiger partial charge in [-0.05, 0) is 18.2 Å². The average Bonchev–Trinajstić information content (AvgIpc) is 2.19. The largest absolute Gasteiger partial charge is 0.397 e. The summed E-state index contributed by atoms with van der Waals surface area (Å²) in [5.41, 5.74) is 22.7. The third kappa shape index (κ3) is 3.56. The first-order chi connectivity index (χ1) is 7.90. The van der Waals surface area contributed by atoms with Crippen molar-refractivity contribution in [3.63, 3.8) is 0 Å². The van der Waals surface area contributed by atoms with Crippen LogP contribution in [0.5, 0.6) is 0 Å². The highest BCUT2D eigenvalue weighted by Gasteiger charge is 2.12. The van der Waals surface area contributed by atoms with Gasteiger partial charge in [0, 0.05) is 5.69 Å². The van der Waals surface area contributed by atoms with Gasteiger partial charge in [0.15, 0.2) is 0 Å². The van der Waals surface area contributed by atoms with Crippen molar-refractivity contribution in [1.82, 2.24) is 0 Å². The number of amides is 2. The Morgan fingerprint density at radius 1 is 1.00 bits per heavy atom. The highest BCUT2D eigenvalue weighted by molar-refractivity contribution is 5.85. The molecule has 0 unspecified atom stereocenters. The summed E-state index contributed by atoms with van der Waals surface area (Å²) in [4.78, 5) is 23.2. The molecular formula is C10H15N5O2. The van der Waals surface area contributed by atoms with E-state index in [1.807, 2.05) is 0 Å². The van der Waals surface area contributed by atoms with Crippen LogP contribution in [0.15, 0.2) is 18.2 Å². The molecule has 0 saturated heterocycles. The van der Waals surface area contributed by atoms with Gasteiger partial charge in [0.2, 0.25) is 11.8 Å². The molecule has 92 valence electrons. The van der Waals surface area contributed by atoms with E-state index in [0.717, 1.165) is 0 Å². The van der Waals surface area contributed by atoms with Gasteiger partial charge in [0.1, 0.15) is 0 Å². The van der Waals surface area contributed by atoms with Crippen molar-refractivity contribution in [2.24, 2.45) is 11.5 Å². The second-order valence-electron chi connectivity index (χ2n) is 3.60. The van der Waals surface area contributed by atoms with E-state index in [2.05, 4.69) is 0 Å². The van der Waals surface area contributed by atoms with Crippen LogP contribution in [-0.2, 0) is 9.59 Å². The van der Waals surface area contributed by atoms with Crippen LogP contribution in [0.1, 0.15) is 0 Å². The van der Waals surface area contributed by atoms with Gasteiger partial charge in [-0.2, -0.15) is 0 Å². The molecule has 7 nitrogen and oxygen atoms in total. The second kappa shape index (κ2) is 5.06. The number of hydrogen-bond donors (Lipinski definition) is 4. The van der Waals surface area contributed by atoms with Gasteiger partial charge in [0.05, 0.1) is 24.5 Å². The lowest BCUT2D eigenvalue weighted by Crippen LogP contribution is -2.39. The lowest BCUT2D eigenvalue weighted by atomic mass is 10.2. The van der Waals surface area contributed by atoms with Crippen LogP contribution >= 0.6 is 0 Å². The Bertz CT molecular complexity index is 430. The Morgan fingerprint density at radius 2 is 1.53 bits per heavy atom. The number of nitrogen functional groups attached to an aromatic ring is 2. The molecule has 17 heavy (non-hydrogen) atoms. The molecule has 0 aliphatic heterocycles. The van der Waals surface area contributed by atoms with Gasteiger partial charge >= 0.3 is 0 Å². The van der Waals surface area contributed by atoms with Crippen molar-refractivity contribution in [3.05, 3.63) is 18.2 Å². The SMILES string of the molecule is NC(=O)CN(CC(N)=O)c1ccc(N)c(N)c1. The van der Waals surface area contributed by atoms with Crippen LogP contribution in [0.2, 0.25) is 0 Å². The van der Waals surface area contributed by atoms with Crippen LogP contribution < -0.4 is 27.8 Å². The third-order valence-electron chi connectivity index (χ3n) is 2.13. The molecule has 0 aliphatic carbocycles. The Kier molecular flexibility index (Phi) is 3.76. The number of benzene rings is 1. The summed E-state index contributed by atoms with van der Waals surface area (Å²) in [7, 11) is 0. The molecule has 0 saturated carbocycles. The molecule has 0 aliphatic rings. The highest BCUT2D eigenvalue weighted by Crippen LogP contribution is 2.22. The van der Waals surface area contributed by atoms with Crippen LogP contribution in [0.4, 0.5) is 17.1 Å². The minimum atomic E-state index is -0.568. The molecule has 0 radical (unpaired) electrons. The molecule has 0 atom stereocenters. The maximum atomic E-state index is 10.9. The summed E-state index contributed by atoms with van der Waals surface area (Å²) in [5.74, 6) is -1.14. The molecule has 1 rings (SSSR count). The Labute approximate surface area is 98.3 Å². The van der Waals surface area contributed by atoms with E-state index >= 15 is 0 Å². The van der Waals surface area contributed by atoms with E-state index in [0.29, 0.717) is 17.1 Å². The number of hydrogen-bond acceptors (Lipinski definition) is 5. The normalized spacial score (nSPS) is 9.88. The molecule has 0 heterocycles. The molecule has 7 heteroatoms. The van der Waals surface area contributed by atoms with E-state index in [4.69, 9.17) is 22.9 Å². The number of primary amides is 2. The summed E-state index contributed by atoms with van der Waals surface area (Å²) in [6, 6.07) is 4.78. The second-order valence-corrected chi connectivity index (χ2v) is 3.60. The van der Waals surface area contributed by atoms with Crippen LogP contribution in [0.25, 0.3) is 0 Å². The summed E-state index contributed by atoms with van der Waals surface area (Å²) in [5, 5.41) is 0. The Balaban J connectivity index is 2.98. The van der Waals surface area contributed by atoms with Crippen molar-refractivity contribution < 1.29 is 9.59 Å². The zero-order chi connectivity index (χ0) is 13.0. The predicted molar refractivity (Wildman–Crippen MR) is 65.9 cm³/mol. The van der Waals surface area contributed by atoms with Gasteiger partial charge < -0.3 is 27.8 Å². The predicted octanol–water partition coefficient (Wildman–Crippen LogP) is -1.37. The maximum Gasteiger partial charge on any atom is 0.236 e. The smallest absolute Gasteiger partial charge is 0.236 e. The Hall–Kier alpha value is -2.44. The standard InChI is InChI=1S/C10H15N5O2/c11-7-2-1-6(3-8(7)12)15(4-9(13)16)5-10(14)17/h1-3H,4-5,11-12H2,(H2,13,16)(H2,14,17). The van der Waals surface area contributed by atoms with E-state index < -0.39 is 11.8 Å². The van der Waals surface area contributed by atoms with Gasteiger partial charge in [-0.3, -0.25) is 9.59 Å². The van der Waals surface area contributed by atoms with Crippen molar-refractivity contribution in [2.75, 3.05) is 29.5 Å². The van der Waals surface area contributed by atoms with Gasteiger partial charge in [-0.25, -0.2) is 0 Å². The molecule has 0 aromatic heterocycles. The van der Waals surface area contributed by atoms with E-state index in [9.17, 15) is 9.59 Å². The first-order valence-electron chi connectivity index (χ1n) is 4.86. The molecule has 1 aromatic rings. The number of carbonyl (C=O) groups excluding carboxylic acids is 2. The fourth-order valence-electron chi connectivity index (χ4n) is 1.37. The van der Waals surface area contributed by atoms with E-state index in [1.165, 1.54) is 4.90 Å². The number of anilines is 3. The van der Waals surface area contributed by atoms with E-state index in [-0.39, 0.29) is 13.1 Å². The summed E-state index contributed by atoms with van der Waals surface area (Å²) >= 11 is 0. The lowest BCUT2D eigenvalue weighted by molar-refractivity contribution is -0.117. The highest BCUT2D eigenvalue weighted by atomic mass is 16.2. The van der Waals surface area contributed by atoms with Crippen molar-refractivity contribution in [2.45, 2.75) is 0 Å². The van der Waals surface area contributed by atoms with Gasteiger partial charge in [0.25, 0.3) is 0 Å². The van der Waals surface area contributed by atoms with Crippen molar-refractivity contribution in [3.8, 4) is 0 Å². The fraction of sp³-hybridized carbons (Fsp3) is 0.200. The summed E-state index contributed by atoms with van der Waals surface area (Å²) < 4.78 is 0. The number of nitrogens with two attached hydrogens (primary N) is 4. The number of rotatable bonds is 5. The molecule has 0 bridgehead atoms. The van der Waals surface area contributed by atoms with Crippen LogP contribution in [0.3, 0.4) is 0 Å². The van der Waals surface area contributed by atoms with Gasteiger partial charge in [-0.15, -0.1) is 0 Å². The van der Waals surface area contributed by atoms with Crippen molar-refractivity contribution in [1.29, 1.82) is 0 Å². The number of carbonyl (C=O) groups is 2. The third-order valence-corrected chi connectivity index (χ3v) is 2.13. The van der Waals surface area contributed by atoms with Gasteiger partial charge in [-0.1, -0.05) is 0 Å². The maximum absolute atomic E-state index is 10.9. The summed E-state index contributed by atoms with van der Waals surface area (Å²) in [6.45, 7) is -0.238. The zero-order valence-corrected chi connectivity index (χ0v) is 9.22. The molecule has 0 spiro atoms. The van der Waals surface area contributed by atoms with Crippen molar-refractivity contribution >= 4 is 28.9 Å². The van der Waals surface area contributed by atoms with E-state index in [1.54, 1.807) is 18.2 Å². The number of nitrogens with zero attached hydrogens (tertiary/aromatic N) is 1. The molecule has 1 aromatic carbocycles. The Morgan fingerprint density at radius 3 is 1.94 bits per heavy atom. The summed E-state index contributed by atoms with van der Waals surface area (Å²) in [6.07, 6.45) is 0. The minimum Gasteiger partial charge on any atom is -0.397 e. The molecule has 2 amide bonds. The average molecular weight is 237 g/mol. The van der Waals surface area contributed by atoms with Crippen LogP contribution in [0, 0.1) is 0 Å². The quantitative estimate of drug-likeness (QED) is 0.467. The lowest BCUT2D eigenvalue weighted by Gasteiger charge is -2.22. The monoisotopic (exact) mass is 237 g/mol. The molecular weight excluding hydrogens is 222 g/mol. The minimum absolute atomic E-state index is 0.119. The fourth-order valence-corrected chi connectivity index (χ4v) is 1.37. The first kappa shape index (κ1) is 12.6. The first-order valence-corrected chi connectivity index (χ1v) is 4.86. The molecule has 0 fully saturated rings. The zero-order valence-electron chi connectivity index (χ0n) is 9.22. The van der Waals surface area contributed by atoms with Crippen LogP contribution in [-0.4, -0.2) is 24.9 Å². The topological polar surface area (TPSA) is 141 Å².